The second-order valence-corrected chi connectivity index (χ2v) is 7.14. The molecule has 0 bridgehead atoms. The first kappa shape index (κ1) is 16.6. The summed E-state index contributed by atoms with van der Waals surface area (Å²) < 4.78 is 39.7. The summed E-state index contributed by atoms with van der Waals surface area (Å²) in [5, 5.41) is 0. The Bertz CT molecular complexity index is 535. The molecule has 0 aromatic heterocycles. The SMILES string of the molecule is CC(C)N(C)CCNS(=O)(=O)c1ccc(F)cc1Br. The highest BCUT2D eigenvalue weighted by atomic mass is 79.9. The molecule has 0 unspecified atom stereocenters. The molecule has 0 aliphatic heterocycles. The minimum Gasteiger partial charge on any atom is -0.303 e. The number of rotatable bonds is 6. The highest BCUT2D eigenvalue weighted by molar-refractivity contribution is 9.10. The highest BCUT2D eigenvalue weighted by Crippen LogP contribution is 2.22. The van der Waals surface area contributed by atoms with Gasteiger partial charge in [-0.15, -0.1) is 0 Å². The van der Waals surface area contributed by atoms with Gasteiger partial charge in [-0.3, -0.25) is 0 Å². The number of hydrogen-bond donors (Lipinski definition) is 1. The van der Waals surface area contributed by atoms with Gasteiger partial charge in [-0.2, -0.15) is 0 Å². The van der Waals surface area contributed by atoms with Crippen LogP contribution in [0.25, 0.3) is 0 Å². The van der Waals surface area contributed by atoms with Gasteiger partial charge >= 0.3 is 0 Å². The second kappa shape index (κ2) is 6.78. The van der Waals surface area contributed by atoms with Crippen LogP contribution in [0.15, 0.2) is 27.6 Å². The summed E-state index contributed by atoms with van der Waals surface area (Å²) >= 11 is 3.06. The van der Waals surface area contributed by atoms with Crippen molar-refractivity contribution in [3.05, 3.63) is 28.5 Å². The van der Waals surface area contributed by atoms with Crippen molar-refractivity contribution in [1.29, 1.82) is 0 Å². The van der Waals surface area contributed by atoms with Gasteiger partial charge in [0.25, 0.3) is 0 Å². The van der Waals surface area contributed by atoms with Crippen molar-refractivity contribution in [3.63, 3.8) is 0 Å². The van der Waals surface area contributed by atoms with E-state index in [0.717, 1.165) is 12.1 Å². The molecule has 1 aromatic carbocycles. The zero-order chi connectivity index (χ0) is 14.6. The number of nitrogens with one attached hydrogen (secondary N) is 1. The molecule has 0 heterocycles. The Morgan fingerprint density at radius 3 is 2.58 bits per heavy atom. The van der Waals surface area contributed by atoms with Crippen LogP contribution in [-0.4, -0.2) is 39.5 Å². The lowest BCUT2D eigenvalue weighted by molar-refractivity contribution is 0.278. The molecule has 0 aliphatic rings. The monoisotopic (exact) mass is 352 g/mol. The maximum absolute atomic E-state index is 12.9. The molecule has 0 saturated heterocycles. The van der Waals surface area contributed by atoms with Gasteiger partial charge in [-0.1, -0.05) is 0 Å². The van der Waals surface area contributed by atoms with Gasteiger partial charge in [0.15, 0.2) is 0 Å². The van der Waals surface area contributed by atoms with Crippen LogP contribution in [0, 0.1) is 5.82 Å². The van der Waals surface area contributed by atoms with Crippen LogP contribution in [-0.2, 0) is 10.0 Å². The Hall–Kier alpha value is -0.500. The van der Waals surface area contributed by atoms with E-state index in [2.05, 4.69) is 20.7 Å². The van der Waals surface area contributed by atoms with E-state index in [9.17, 15) is 12.8 Å². The number of halogens is 2. The normalized spacial score (nSPS) is 12.4. The molecule has 0 atom stereocenters. The molecular weight excluding hydrogens is 335 g/mol. The Morgan fingerprint density at radius 2 is 2.05 bits per heavy atom. The summed E-state index contributed by atoms with van der Waals surface area (Å²) in [5.41, 5.74) is 0. The maximum Gasteiger partial charge on any atom is 0.241 e. The van der Waals surface area contributed by atoms with E-state index in [1.807, 2.05) is 25.8 Å². The first-order chi connectivity index (χ1) is 8.74. The third-order valence-electron chi connectivity index (χ3n) is 2.82. The van der Waals surface area contributed by atoms with Crippen molar-refractivity contribution in [2.45, 2.75) is 24.8 Å². The summed E-state index contributed by atoms with van der Waals surface area (Å²) in [6.45, 7) is 4.98. The molecule has 1 rings (SSSR count). The van der Waals surface area contributed by atoms with Crippen molar-refractivity contribution < 1.29 is 12.8 Å². The average molecular weight is 353 g/mol. The standard InChI is InChI=1S/C12H18BrFN2O2S/c1-9(2)16(3)7-6-15-19(17,18)12-5-4-10(14)8-11(12)13/h4-5,8-9,15H,6-7H2,1-3H3. The topological polar surface area (TPSA) is 49.4 Å². The molecule has 7 heteroatoms. The summed E-state index contributed by atoms with van der Waals surface area (Å²) in [7, 11) is -1.70. The molecule has 0 amide bonds. The number of sulfonamides is 1. The smallest absolute Gasteiger partial charge is 0.241 e. The van der Waals surface area contributed by atoms with E-state index in [-0.39, 0.29) is 9.37 Å². The van der Waals surface area contributed by atoms with Crippen LogP contribution in [0.2, 0.25) is 0 Å². The largest absolute Gasteiger partial charge is 0.303 e. The third kappa shape index (κ3) is 4.83. The van der Waals surface area contributed by atoms with Gasteiger partial charge in [0.1, 0.15) is 5.82 Å². The first-order valence-electron chi connectivity index (χ1n) is 5.89. The van der Waals surface area contributed by atoms with Crippen LogP contribution < -0.4 is 4.72 Å². The van der Waals surface area contributed by atoms with E-state index < -0.39 is 15.8 Å². The van der Waals surface area contributed by atoms with E-state index in [4.69, 9.17) is 0 Å². The molecule has 19 heavy (non-hydrogen) atoms. The molecule has 1 aromatic rings. The Balaban J connectivity index is 2.71. The quantitative estimate of drug-likeness (QED) is 0.853. The Kier molecular flexibility index (Phi) is 5.91. The molecule has 0 spiro atoms. The fourth-order valence-corrected chi connectivity index (χ4v) is 3.45. The van der Waals surface area contributed by atoms with Gasteiger partial charge in [-0.05, 0) is 55.0 Å². The maximum atomic E-state index is 12.9. The second-order valence-electron chi connectivity index (χ2n) is 4.55. The first-order valence-corrected chi connectivity index (χ1v) is 8.16. The third-order valence-corrected chi connectivity index (χ3v) is 5.26. The van der Waals surface area contributed by atoms with Crippen LogP contribution in [0.1, 0.15) is 13.8 Å². The molecule has 108 valence electrons. The van der Waals surface area contributed by atoms with E-state index in [1.54, 1.807) is 0 Å². The van der Waals surface area contributed by atoms with Gasteiger partial charge in [0.05, 0.1) is 4.90 Å². The molecule has 0 fully saturated rings. The zero-order valence-corrected chi connectivity index (χ0v) is 13.6. The lowest BCUT2D eigenvalue weighted by atomic mass is 10.3. The van der Waals surface area contributed by atoms with Crippen molar-refractivity contribution in [3.8, 4) is 0 Å². The molecule has 1 N–H and O–H groups in total. The van der Waals surface area contributed by atoms with Crippen LogP contribution in [0.3, 0.4) is 0 Å². The number of nitrogens with zero attached hydrogens (tertiary/aromatic N) is 1. The highest BCUT2D eigenvalue weighted by Gasteiger charge is 2.17. The summed E-state index contributed by atoms with van der Waals surface area (Å²) in [4.78, 5) is 2.07. The van der Waals surface area contributed by atoms with Gasteiger partial charge < -0.3 is 4.90 Å². The van der Waals surface area contributed by atoms with Crippen LogP contribution >= 0.6 is 15.9 Å². The van der Waals surface area contributed by atoms with Gasteiger partial charge in [0.2, 0.25) is 10.0 Å². The predicted octanol–water partition coefficient (Wildman–Crippen LogP) is 2.21. The Labute approximate surface area is 122 Å². The lowest BCUT2D eigenvalue weighted by Gasteiger charge is -2.21. The van der Waals surface area contributed by atoms with Crippen LogP contribution in [0.4, 0.5) is 4.39 Å². The number of likely N-dealkylation sites (N-methyl/N-ethyl adjacent to an activating group) is 1. The van der Waals surface area contributed by atoms with Crippen molar-refractivity contribution in [1.82, 2.24) is 9.62 Å². The summed E-state index contributed by atoms with van der Waals surface area (Å²) in [5.74, 6) is -0.481. The van der Waals surface area contributed by atoms with Crippen molar-refractivity contribution >= 4 is 26.0 Å². The fraction of sp³-hybridized carbons (Fsp3) is 0.500. The molecule has 0 saturated carbocycles. The molecular formula is C12H18BrFN2O2S. The predicted molar refractivity (Wildman–Crippen MR) is 77.1 cm³/mol. The average Bonchev–Trinajstić information content (AvgIpc) is 2.27. The fourth-order valence-electron chi connectivity index (χ4n) is 1.39. The van der Waals surface area contributed by atoms with E-state index in [0.29, 0.717) is 19.1 Å². The summed E-state index contributed by atoms with van der Waals surface area (Å²) in [6, 6.07) is 3.85. The molecule has 0 radical (unpaired) electrons. The number of benzene rings is 1. The van der Waals surface area contributed by atoms with Crippen molar-refractivity contribution in [2.24, 2.45) is 0 Å². The van der Waals surface area contributed by atoms with Gasteiger partial charge in [-0.25, -0.2) is 17.5 Å². The zero-order valence-electron chi connectivity index (χ0n) is 11.2. The number of hydrogen-bond acceptors (Lipinski definition) is 3. The van der Waals surface area contributed by atoms with Gasteiger partial charge in [0, 0.05) is 23.6 Å². The van der Waals surface area contributed by atoms with Crippen LogP contribution in [0.5, 0.6) is 0 Å². The van der Waals surface area contributed by atoms with Crippen molar-refractivity contribution in [2.75, 3.05) is 20.1 Å². The lowest BCUT2D eigenvalue weighted by Crippen LogP contribution is -2.36. The summed E-state index contributed by atoms with van der Waals surface area (Å²) in [6.07, 6.45) is 0. The van der Waals surface area contributed by atoms with E-state index in [1.165, 1.54) is 6.07 Å². The molecule has 0 aliphatic carbocycles. The minimum atomic E-state index is -3.62. The Morgan fingerprint density at radius 1 is 1.42 bits per heavy atom. The molecule has 4 nitrogen and oxygen atoms in total. The van der Waals surface area contributed by atoms with E-state index >= 15 is 0 Å². The minimum absolute atomic E-state index is 0.0427.